The SMILES string of the molecule is CC(=O)Nc1ccc(Sc2ccc(C(=O)N[C@@H]3C4CCN(CC4)[C@H]3C)s2)cc1. The first kappa shape index (κ1) is 19.5. The van der Waals surface area contributed by atoms with Crippen molar-refractivity contribution in [1.82, 2.24) is 10.2 Å². The number of nitrogens with zero attached hydrogens (tertiary/aromatic N) is 1. The van der Waals surface area contributed by atoms with E-state index in [9.17, 15) is 9.59 Å². The van der Waals surface area contributed by atoms with Gasteiger partial charge in [0.25, 0.3) is 5.91 Å². The Bertz CT molecular complexity index is 855. The highest BCUT2D eigenvalue weighted by Gasteiger charge is 2.40. The molecule has 2 aromatic rings. The summed E-state index contributed by atoms with van der Waals surface area (Å²) in [5, 5.41) is 6.07. The lowest BCUT2D eigenvalue weighted by molar-refractivity contribution is -0.114. The van der Waals surface area contributed by atoms with Crippen molar-refractivity contribution in [1.29, 1.82) is 0 Å². The van der Waals surface area contributed by atoms with Crippen molar-refractivity contribution in [2.24, 2.45) is 5.92 Å². The maximum atomic E-state index is 12.8. The Labute approximate surface area is 173 Å². The second-order valence-electron chi connectivity index (χ2n) is 7.54. The zero-order valence-corrected chi connectivity index (χ0v) is 17.7. The van der Waals surface area contributed by atoms with Gasteiger partial charge in [-0.2, -0.15) is 0 Å². The molecule has 28 heavy (non-hydrogen) atoms. The summed E-state index contributed by atoms with van der Waals surface area (Å²) in [6.45, 7) is 6.06. The number of amides is 2. The maximum Gasteiger partial charge on any atom is 0.261 e. The van der Waals surface area contributed by atoms with E-state index in [1.807, 2.05) is 36.4 Å². The summed E-state index contributed by atoms with van der Waals surface area (Å²) in [6.07, 6.45) is 2.38. The standard InChI is InChI=1S/C21H25N3O2S2/c1-13-20(15-9-11-24(13)12-10-15)23-21(26)18-7-8-19(28-18)27-17-5-3-16(4-6-17)22-14(2)25/h3-8,13,15,20H,9-12H2,1-2H3,(H,22,25)(H,23,26)/t13-,20-/m0/s1. The van der Waals surface area contributed by atoms with E-state index in [0.29, 0.717) is 12.0 Å². The average molecular weight is 416 g/mol. The summed E-state index contributed by atoms with van der Waals surface area (Å²) in [5.74, 6) is 0.579. The summed E-state index contributed by atoms with van der Waals surface area (Å²) >= 11 is 3.16. The molecule has 5 nitrogen and oxygen atoms in total. The Morgan fingerprint density at radius 2 is 1.82 bits per heavy atom. The molecular formula is C21H25N3O2S2. The smallest absolute Gasteiger partial charge is 0.261 e. The molecule has 2 amide bonds. The zero-order valence-electron chi connectivity index (χ0n) is 16.1. The molecule has 2 atom stereocenters. The molecule has 3 saturated heterocycles. The van der Waals surface area contributed by atoms with Crippen molar-refractivity contribution in [3.63, 3.8) is 0 Å². The predicted octanol–water partition coefficient (Wildman–Crippen LogP) is 4.07. The highest BCUT2D eigenvalue weighted by molar-refractivity contribution is 8.01. The third-order valence-corrected chi connectivity index (χ3v) is 7.90. The summed E-state index contributed by atoms with van der Waals surface area (Å²) in [6, 6.07) is 12.3. The zero-order chi connectivity index (χ0) is 19.7. The van der Waals surface area contributed by atoms with Gasteiger partial charge in [-0.25, -0.2) is 0 Å². The minimum atomic E-state index is -0.0772. The molecule has 2 N–H and O–H groups in total. The Balaban J connectivity index is 1.37. The van der Waals surface area contributed by atoms with Crippen molar-refractivity contribution in [2.75, 3.05) is 18.4 Å². The number of hydrogen-bond acceptors (Lipinski definition) is 5. The van der Waals surface area contributed by atoms with E-state index in [4.69, 9.17) is 0 Å². The van der Waals surface area contributed by atoms with Crippen LogP contribution in [0.4, 0.5) is 5.69 Å². The van der Waals surface area contributed by atoms with Crippen molar-refractivity contribution in [2.45, 2.75) is 47.9 Å². The molecule has 1 aromatic carbocycles. The van der Waals surface area contributed by atoms with E-state index in [1.54, 1.807) is 11.8 Å². The number of nitrogens with one attached hydrogen (secondary N) is 2. The monoisotopic (exact) mass is 415 g/mol. The van der Waals surface area contributed by atoms with Crippen LogP contribution in [0, 0.1) is 5.92 Å². The molecule has 5 rings (SSSR count). The highest BCUT2D eigenvalue weighted by Crippen LogP contribution is 2.35. The fraction of sp³-hybridized carbons (Fsp3) is 0.429. The van der Waals surface area contributed by atoms with E-state index in [1.165, 1.54) is 44.2 Å². The summed E-state index contributed by atoms with van der Waals surface area (Å²) in [5.41, 5.74) is 0.787. The second kappa shape index (κ2) is 8.27. The van der Waals surface area contributed by atoms with Crippen LogP contribution in [0.5, 0.6) is 0 Å². The molecule has 3 aliphatic rings. The average Bonchev–Trinajstić information content (AvgIpc) is 3.15. The fourth-order valence-corrected chi connectivity index (χ4v) is 6.20. The van der Waals surface area contributed by atoms with Gasteiger partial charge in [-0.15, -0.1) is 11.3 Å². The Morgan fingerprint density at radius 1 is 1.11 bits per heavy atom. The normalized spacial score (nSPS) is 26.1. The van der Waals surface area contributed by atoms with Gasteiger partial charge in [0.15, 0.2) is 0 Å². The number of carbonyl (C=O) groups is 2. The van der Waals surface area contributed by atoms with Crippen molar-refractivity contribution < 1.29 is 9.59 Å². The van der Waals surface area contributed by atoms with Gasteiger partial charge >= 0.3 is 0 Å². The molecule has 0 aliphatic carbocycles. The number of carbonyl (C=O) groups excluding carboxylic acids is 2. The molecule has 2 bridgehead atoms. The van der Waals surface area contributed by atoms with Crippen LogP contribution in [0.2, 0.25) is 0 Å². The minimum absolute atomic E-state index is 0.0449. The van der Waals surface area contributed by atoms with E-state index < -0.39 is 0 Å². The van der Waals surface area contributed by atoms with Gasteiger partial charge in [-0.05, 0) is 75.2 Å². The molecule has 7 heteroatoms. The third-order valence-electron chi connectivity index (χ3n) is 5.67. The Hall–Kier alpha value is -1.83. The molecule has 3 aliphatic heterocycles. The lowest BCUT2D eigenvalue weighted by Crippen LogP contribution is -2.62. The van der Waals surface area contributed by atoms with Crippen LogP contribution in [0.15, 0.2) is 45.5 Å². The van der Waals surface area contributed by atoms with Crippen molar-refractivity contribution in [3.8, 4) is 0 Å². The molecule has 0 spiro atoms. The largest absolute Gasteiger partial charge is 0.347 e. The summed E-state index contributed by atoms with van der Waals surface area (Å²) in [7, 11) is 0. The summed E-state index contributed by atoms with van der Waals surface area (Å²) < 4.78 is 1.08. The number of thiophene rings is 1. The van der Waals surface area contributed by atoms with E-state index >= 15 is 0 Å². The van der Waals surface area contributed by atoms with E-state index in [0.717, 1.165) is 19.7 Å². The van der Waals surface area contributed by atoms with Gasteiger partial charge in [0.2, 0.25) is 5.91 Å². The number of benzene rings is 1. The van der Waals surface area contributed by atoms with Gasteiger partial charge in [0.05, 0.1) is 9.09 Å². The predicted molar refractivity (Wildman–Crippen MR) is 114 cm³/mol. The van der Waals surface area contributed by atoms with Crippen molar-refractivity contribution >= 4 is 40.6 Å². The molecule has 0 saturated carbocycles. The fourth-order valence-electron chi connectivity index (χ4n) is 4.19. The Kier molecular flexibility index (Phi) is 5.75. The van der Waals surface area contributed by atoms with Gasteiger partial charge < -0.3 is 10.6 Å². The van der Waals surface area contributed by atoms with Crippen LogP contribution >= 0.6 is 23.1 Å². The van der Waals surface area contributed by atoms with E-state index in [-0.39, 0.29) is 17.9 Å². The molecule has 1 aromatic heterocycles. The topological polar surface area (TPSA) is 61.4 Å². The molecule has 0 unspecified atom stereocenters. The first-order valence-electron chi connectivity index (χ1n) is 9.70. The number of hydrogen-bond donors (Lipinski definition) is 2. The van der Waals surface area contributed by atoms with Crippen LogP contribution in [0.25, 0.3) is 0 Å². The first-order chi connectivity index (χ1) is 13.5. The lowest BCUT2D eigenvalue weighted by Gasteiger charge is -2.49. The quantitative estimate of drug-likeness (QED) is 0.773. The van der Waals surface area contributed by atoms with Crippen LogP contribution in [-0.2, 0) is 4.79 Å². The second-order valence-corrected chi connectivity index (χ2v) is 10.00. The number of anilines is 1. The van der Waals surface area contributed by atoms with Crippen molar-refractivity contribution in [3.05, 3.63) is 41.3 Å². The first-order valence-corrected chi connectivity index (χ1v) is 11.3. The molecule has 0 radical (unpaired) electrons. The molecule has 148 valence electrons. The minimum Gasteiger partial charge on any atom is -0.347 e. The molecular weight excluding hydrogens is 390 g/mol. The number of rotatable bonds is 5. The lowest BCUT2D eigenvalue weighted by atomic mass is 9.79. The maximum absolute atomic E-state index is 12.8. The highest BCUT2D eigenvalue weighted by atomic mass is 32.2. The number of piperidine rings is 3. The van der Waals surface area contributed by atoms with Gasteiger partial charge in [-0.1, -0.05) is 11.8 Å². The van der Waals surface area contributed by atoms with Crippen LogP contribution in [0.1, 0.15) is 36.4 Å². The van der Waals surface area contributed by atoms with E-state index in [2.05, 4.69) is 22.5 Å². The molecule has 3 fully saturated rings. The third kappa shape index (κ3) is 4.26. The van der Waals surface area contributed by atoms with Gasteiger partial charge in [0.1, 0.15) is 0 Å². The van der Waals surface area contributed by atoms with Gasteiger partial charge in [-0.3, -0.25) is 14.5 Å². The Morgan fingerprint density at radius 3 is 2.46 bits per heavy atom. The van der Waals surface area contributed by atoms with Crippen LogP contribution in [-0.4, -0.2) is 41.9 Å². The van der Waals surface area contributed by atoms with Gasteiger partial charge in [0, 0.05) is 29.6 Å². The summed E-state index contributed by atoms with van der Waals surface area (Å²) in [4.78, 5) is 28.2. The van der Waals surface area contributed by atoms with Crippen LogP contribution < -0.4 is 10.6 Å². The molecule has 4 heterocycles. The number of fused-ring (bicyclic) bond motifs is 3. The van der Waals surface area contributed by atoms with Crippen LogP contribution in [0.3, 0.4) is 0 Å².